The van der Waals surface area contributed by atoms with Crippen LogP contribution in [0.5, 0.6) is 0 Å². The number of carbonyl (C=O) groups is 2. The molecule has 0 aliphatic carbocycles. The first-order valence-electron chi connectivity index (χ1n) is 11.3. The van der Waals surface area contributed by atoms with E-state index < -0.39 is 91.7 Å². The molecule has 19 heteroatoms. The number of carboxylic acids is 1. The normalized spacial score (nSPS) is 16.9. The molecule has 0 saturated heterocycles. The summed E-state index contributed by atoms with van der Waals surface area (Å²) >= 11 is 0. The van der Waals surface area contributed by atoms with Crippen LogP contribution in [0.25, 0.3) is 0 Å². The average Bonchev–Trinajstić information content (AvgIpc) is 2.82. The standard InChI is InChI=1S/C21H28F12O7/c1-4-12(13(35)36)8-16(3,15(37)38-6-5-34)7-11(2)9-39-40-10-17(24,25)19(28,29)21(32,33)20(30,31)18(26,27)14(22)23/h11-12,14,34H,4-10H2,1-3H3,(H,35,36). The smallest absolute Gasteiger partial charge is 0.384 e. The zero-order valence-electron chi connectivity index (χ0n) is 21.2. The van der Waals surface area contributed by atoms with E-state index in [1.165, 1.54) is 20.8 Å². The van der Waals surface area contributed by atoms with Crippen LogP contribution in [-0.4, -0.2) is 84.6 Å². The van der Waals surface area contributed by atoms with E-state index in [1.54, 1.807) is 0 Å². The molecule has 0 aliphatic rings. The molecule has 0 spiro atoms. The van der Waals surface area contributed by atoms with Gasteiger partial charge in [-0.05, 0) is 32.1 Å². The molecule has 0 heterocycles. The highest BCUT2D eigenvalue weighted by Crippen LogP contribution is 2.58. The monoisotopic (exact) mass is 620 g/mol. The average molecular weight is 620 g/mol. The first-order valence-corrected chi connectivity index (χ1v) is 11.3. The summed E-state index contributed by atoms with van der Waals surface area (Å²) in [6, 6.07) is 0. The van der Waals surface area contributed by atoms with Gasteiger partial charge < -0.3 is 14.9 Å². The second-order valence-corrected chi connectivity index (χ2v) is 9.28. The molecule has 0 saturated carbocycles. The minimum atomic E-state index is -7.70. The van der Waals surface area contributed by atoms with Gasteiger partial charge in [-0.3, -0.25) is 9.59 Å². The number of halogens is 12. The van der Waals surface area contributed by atoms with Gasteiger partial charge in [-0.1, -0.05) is 13.8 Å². The largest absolute Gasteiger partial charge is 0.481 e. The number of aliphatic carboxylic acids is 1. The molecule has 0 radical (unpaired) electrons. The highest BCUT2D eigenvalue weighted by Gasteiger charge is 2.87. The molecule has 0 fully saturated rings. The molecule has 0 bridgehead atoms. The Labute approximate surface area is 219 Å². The number of carbonyl (C=O) groups excluding carboxylic acids is 1. The van der Waals surface area contributed by atoms with E-state index in [-0.39, 0.29) is 19.3 Å². The third-order valence-corrected chi connectivity index (χ3v) is 5.77. The van der Waals surface area contributed by atoms with Crippen LogP contribution in [0.1, 0.15) is 40.0 Å². The number of alkyl halides is 12. The number of esters is 1. The molecule has 238 valence electrons. The van der Waals surface area contributed by atoms with Crippen LogP contribution in [0.4, 0.5) is 52.7 Å². The third-order valence-electron chi connectivity index (χ3n) is 5.77. The van der Waals surface area contributed by atoms with E-state index >= 15 is 0 Å². The Morgan fingerprint density at radius 1 is 0.850 bits per heavy atom. The third kappa shape index (κ3) is 8.04. The maximum absolute atomic E-state index is 13.8. The summed E-state index contributed by atoms with van der Waals surface area (Å²) in [5, 5.41) is 18.1. The number of rotatable bonds is 19. The van der Waals surface area contributed by atoms with Gasteiger partial charge in [-0.25, -0.2) is 18.6 Å². The SMILES string of the molecule is CCC(CC(C)(CC(C)COOCC(F)(F)C(F)(F)C(F)(F)C(F)(F)C(F)(F)C(F)F)C(=O)OCCO)C(=O)O. The number of hydrogen-bond donors (Lipinski definition) is 2. The fourth-order valence-electron chi connectivity index (χ4n) is 3.48. The molecule has 0 amide bonds. The van der Waals surface area contributed by atoms with Gasteiger partial charge in [0.25, 0.3) is 0 Å². The second-order valence-electron chi connectivity index (χ2n) is 9.28. The predicted octanol–water partition coefficient (Wildman–Crippen LogP) is 5.45. The van der Waals surface area contributed by atoms with Crippen LogP contribution in [0.15, 0.2) is 0 Å². The number of aliphatic hydroxyl groups is 1. The van der Waals surface area contributed by atoms with Crippen LogP contribution in [0.3, 0.4) is 0 Å². The van der Waals surface area contributed by atoms with Gasteiger partial charge in [-0.2, -0.15) is 43.9 Å². The zero-order chi connectivity index (χ0) is 32.0. The van der Waals surface area contributed by atoms with E-state index in [0.29, 0.717) is 0 Å². The van der Waals surface area contributed by atoms with Crippen molar-refractivity contribution in [3.05, 3.63) is 0 Å². The van der Waals surface area contributed by atoms with Crippen molar-refractivity contribution in [2.24, 2.45) is 17.3 Å². The van der Waals surface area contributed by atoms with Gasteiger partial charge in [0, 0.05) is 0 Å². The molecule has 3 unspecified atom stereocenters. The Balaban J connectivity index is 5.51. The Bertz CT molecular complexity index is 841. The summed E-state index contributed by atoms with van der Waals surface area (Å²) in [7, 11) is 0. The van der Waals surface area contributed by atoms with Gasteiger partial charge in [0.2, 0.25) is 0 Å². The van der Waals surface area contributed by atoms with Gasteiger partial charge in [-0.15, -0.1) is 0 Å². The maximum Gasteiger partial charge on any atom is 0.384 e. The predicted molar refractivity (Wildman–Crippen MR) is 109 cm³/mol. The molecule has 7 nitrogen and oxygen atoms in total. The summed E-state index contributed by atoms with van der Waals surface area (Å²) < 4.78 is 163. The van der Waals surface area contributed by atoms with Gasteiger partial charge >= 0.3 is 48.0 Å². The van der Waals surface area contributed by atoms with Crippen molar-refractivity contribution in [3.8, 4) is 0 Å². The van der Waals surface area contributed by atoms with Crippen LogP contribution in [0, 0.1) is 17.3 Å². The topological polar surface area (TPSA) is 102 Å². The van der Waals surface area contributed by atoms with Crippen molar-refractivity contribution >= 4 is 11.9 Å². The Morgan fingerprint density at radius 3 is 1.80 bits per heavy atom. The van der Waals surface area contributed by atoms with Crippen LogP contribution >= 0.6 is 0 Å². The van der Waals surface area contributed by atoms with Crippen LogP contribution in [0.2, 0.25) is 0 Å². The number of carboxylic acid groups (broad SMARTS) is 1. The molecule has 40 heavy (non-hydrogen) atoms. The van der Waals surface area contributed by atoms with Gasteiger partial charge in [0.05, 0.1) is 24.5 Å². The summed E-state index contributed by atoms with van der Waals surface area (Å²) in [6.45, 7) is -0.868. The van der Waals surface area contributed by atoms with E-state index in [1.807, 2.05) is 0 Å². The van der Waals surface area contributed by atoms with Gasteiger partial charge in [0.15, 0.2) is 6.61 Å². The summed E-state index contributed by atoms with van der Waals surface area (Å²) in [5.74, 6) is -40.5. The molecule has 0 aromatic carbocycles. The molecule has 0 aromatic heterocycles. The lowest BCUT2D eigenvalue weighted by molar-refractivity contribution is -0.427. The number of ether oxygens (including phenoxy) is 1. The van der Waals surface area contributed by atoms with Crippen molar-refractivity contribution in [3.63, 3.8) is 0 Å². The molecule has 2 N–H and O–H groups in total. The summed E-state index contributed by atoms with van der Waals surface area (Å²) in [6.07, 6.45) is -6.22. The number of aliphatic hydroxyl groups excluding tert-OH is 1. The van der Waals surface area contributed by atoms with Crippen molar-refractivity contribution < 1.29 is 87.0 Å². The Kier molecular flexibility index (Phi) is 13.1. The molecular formula is C21H28F12O7. The fraction of sp³-hybridized carbons (Fsp3) is 0.905. The zero-order valence-corrected chi connectivity index (χ0v) is 21.2. The quantitative estimate of drug-likeness (QED) is 0.0652. The van der Waals surface area contributed by atoms with Crippen LogP contribution in [-0.2, 0) is 24.1 Å². The summed E-state index contributed by atoms with van der Waals surface area (Å²) in [5.41, 5.74) is -1.60. The maximum atomic E-state index is 13.8. The molecular weight excluding hydrogens is 592 g/mol. The van der Waals surface area contributed by atoms with Gasteiger partial charge in [0.1, 0.15) is 6.61 Å². The lowest BCUT2D eigenvalue weighted by Crippen LogP contribution is -2.69. The number of hydrogen-bond acceptors (Lipinski definition) is 6. The first kappa shape index (κ1) is 38.0. The second kappa shape index (κ2) is 13.8. The van der Waals surface area contributed by atoms with E-state index in [0.717, 1.165) is 0 Å². The highest BCUT2D eigenvalue weighted by atomic mass is 19.4. The lowest BCUT2D eigenvalue weighted by atomic mass is 9.74. The van der Waals surface area contributed by atoms with Crippen molar-refractivity contribution in [1.82, 2.24) is 0 Å². The Hall–Kier alpha value is -2.02. The van der Waals surface area contributed by atoms with Crippen molar-refractivity contribution in [2.45, 2.75) is 76.1 Å². The van der Waals surface area contributed by atoms with E-state index in [2.05, 4.69) is 9.78 Å². The van der Waals surface area contributed by atoms with Crippen molar-refractivity contribution in [1.29, 1.82) is 0 Å². The van der Waals surface area contributed by atoms with Crippen molar-refractivity contribution in [2.75, 3.05) is 26.4 Å². The summed E-state index contributed by atoms with van der Waals surface area (Å²) in [4.78, 5) is 31.8. The highest BCUT2D eigenvalue weighted by molar-refractivity contribution is 5.78. The van der Waals surface area contributed by atoms with E-state index in [9.17, 15) is 67.4 Å². The van der Waals surface area contributed by atoms with Crippen LogP contribution < -0.4 is 0 Å². The molecule has 3 atom stereocenters. The first-order chi connectivity index (χ1) is 17.9. The van der Waals surface area contributed by atoms with E-state index in [4.69, 9.17) is 9.84 Å². The minimum absolute atomic E-state index is 0.0580. The minimum Gasteiger partial charge on any atom is -0.481 e. The molecule has 0 aliphatic heterocycles. The molecule has 0 aromatic rings. The fourth-order valence-corrected chi connectivity index (χ4v) is 3.48. The molecule has 0 rings (SSSR count). The Morgan fingerprint density at radius 2 is 1.38 bits per heavy atom. The lowest BCUT2D eigenvalue weighted by Gasteiger charge is -2.38.